The van der Waals surface area contributed by atoms with Crippen molar-refractivity contribution in [3.8, 4) is 5.75 Å². The molecule has 0 saturated carbocycles. The molecule has 2 nitrogen and oxygen atoms in total. The Morgan fingerprint density at radius 2 is 2.27 bits per heavy atom. The fraction of sp³-hybridized carbons (Fsp3) is 0.333. The predicted octanol–water partition coefficient (Wildman–Crippen LogP) is 2.80. The standard InChI is InChI=1S/C12H16ClNO/c1-4-10-8(2)11(13)7-9(5-6-14)12(10)15-3/h4,7H,1,5-6,14H2,2-3H3. The maximum Gasteiger partial charge on any atom is 0.129 e. The van der Waals surface area contributed by atoms with Gasteiger partial charge in [-0.15, -0.1) is 0 Å². The lowest BCUT2D eigenvalue weighted by molar-refractivity contribution is 0.408. The van der Waals surface area contributed by atoms with Gasteiger partial charge in [-0.25, -0.2) is 0 Å². The molecule has 1 aromatic carbocycles. The van der Waals surface area contributed by atoms with Gasteiger partial charge in [0.15, 0.2) is 0 Å². The Morgan fingerprint density at radius 1 is 1.60 bits per heavy atom. The monoisotopic (exact) mass is 225 g/mol. The van der Waals surface area contributed by atoms with E-state index in [1.54, 1.807) is 13.2 Å². The molecule has 0 aliphatic carbocycles. The zero-order valence-electron chi connectivity index (χ0n) is 9.14. The van der Waals surface area contributed by atoms with Crippen molar-refractivity contribution >= 4 is 17.7 Å². The van der Waals surface area contributed by atoms with Crippen LogP contribution in [0, 0.1) is 6.92 Å². The van der Waals surface area contributed by atoms with E-state index in [9.17, 15) is 0 Å². The van der Waals surface area contributed by atoms with E-state index in [0.717, 1.165) is 33.9 Å². The number of methoxy groups -OCH3 is 1. The zero-order chi connectivity index (χ0) is 11.4. The van der Waals surface area contributed by atoms with E-state index < -0.39 is 0 Å². The molecule has 2 N–H and O–H groups in total. The van der Waals surface area contributed by atoms with Gasteiger partial charge in [-0.1, -0.05) is 24.3 Å². The zero-order valence-corrected chi connectivity index (χ0v) is 9.90. The third-order valence-corrected chi connectivity index (χ3v) is 2.81. The van der Waals surface area contributed by atoms with Crippen molar-refractivity contribution in [1.82, 2.24) is 0 Å². The van der Waals surface area contributed by atoms with E-state index in [2.05, 4.69) is 6.58 Å². The highest BCUT2D eigenvalue weighted by molar-refractivity contribution is 6.31. The normalized spacial score (nSPS) is 10.1. The Hall–Kier alpha value is -0.990. The van der Waals surface area contributed by atoms with Crippen LogP contribution in [0.4, 0.5) is 0 Å². The minimum Gasteiger partial charge on any atom is -0.496 e. The summed E-state index contributed by atoms with van der Waals surface area (Å²) in [6, 6.07) is 1.91. The summed E-state index contributed by atoms with van der Waals surface area (Å²) in [4.78, 5) is 0. The van der Waals surface area contributed by atoms with E-state index in [-0.39, 0.29) is 0 Å². The molecule has 0 fully saturated rings. The van der Waals surface area contributed by atoms with Crippen molar-refractivity contribution in [2.75, 3.05) is 13.7 Å². The van der Waals surface area contributed by atoms with Gasteiger partial charge in [0.1, 0.15) is 5.75 Å². The van der Waals surface area contributed by atoms with E-state index >= 15 is 0 Å². The molecule has 0 unspecified atom stereocenters. The number of rotatable bonds is 4. The molecular weight excluding hydrogens is 210 g/mol. The van der Waals surface area contributed by atoms with Gasteiger partial charge in [0.2, 0.25) is 0 Å². The molecule has 0 bridgehead atoms. The van der Waals surface area contributed by atoms with Gasteiger partial charge >= 0.3 is 0 Å². The van der Waals surface area contributed by atoms with E-state index in [0.29, 0.717) is 6.54 Å². The molecular formula is C12H16ClNO. The molecule has 0 spiro atoms. The average Bonchev–Trinajstić information content (AvgIpc) is 2.23. The largest absolute Gasteiger partial charge is 0.496 e. The lowest BCUT2D eigenvalue weighted by Gasteiger charge is -2.14. The summed E-state index contributed by atoms with van der Waals surface area (Å²) in [5, 5.41) is 0.731. The second-order valence-electron chi connectivity index (χ2n) is 3.33. The third-order valence-electron chi connectivity index (χ3n) is 2.42. The van der Waals surface area contributed by atoms with Crippen molar-refractivity contribution in [1.29, 1.82) is 0 Å². The molecule has 0 heterocycles. The average molecular weight is 226 g/mol. The first-order chi connectivity index (χ1) is 7.15. The van der Waals surface area contributed by atoms with Crippen LogP contribution in [0.3, 0.4) is 0 Å². The Bertz CT molecular complexity index is 374. The van der Waals surface area contributed by atoms with Crippen LogP contribution in [0.2, 0.25) is 5.02 Å². The molecule has 0 radical (unpaired) electrons. The topological polar surface area (TPSA) is 35.2 Å². The van der Waals surface area contributed by atoms with Crippen LogP contribution in [-0.4, -0.2) is 13.7 Å². The quantitative estimate of drug-likeness (QED) is 0.855. The van der Waals surface area contributed by atoms with Gasteiger partial charge in [0, 0.05) is 10.6 Å². The fourth-order valence-corrected chi connectivity index (χ4v) is 1.86. The van der Waals surface area contributed by atoms with Crippen molar-refractivity contribution in [3.63, 3.8) is 0 Å². The first-order valence-corrected chi connectivity index (χ1v) is 5.22. The van der Waals surface area contributed by atoms with E-state index in [1.807, 2.05) is 13.0 Å². The van der Waals surface area contributed by atoms with Crippen molar-refractivity contribution < 1.29 is 4.74 Å². The summed E-state index contributed by atoms with van der Waals surface area (Å²) in [5.74, 6) is 0.831. The van der Waals surface area contributed by atoms with Crippen molar-refractivity contribution in [3.05, 3.63) is 34.4 Å². The minimum absolute atomic E-state index is 0.576. The van der Waals surface area contributed by atoms with Gasteiger partial charge in [0.05, 0.1) is 7.11 Å². The Kier molecular flexibility index (Phi) is 4.18. The Labute approximate surface area is 95.7 Å². The summed E-state index contributed by atoms with van der Waals surface area (Å²) in [7, 11) is 1.65. The second kappa shape index (κ2) is 5.19. The molecule has 1 rings (SSSR count). The van der Waals surface area contributed by atoms with Gasteiger partial charge in [0.25, 0.3) is 0 Å². The van der Waals surface area contributed by atoms with E-state index in [4.69, 9.17) is 22.1 Å². The molecule has 0 amide bonds. The van der Waals surface area contributed by atoms with Crippen molar-refractivity contribution in [2.24, 2.45) is 5.73 Å². The van der Waals surface area contributed by atoms with Gasteiger partial charge < -0.3 is 10.5 Å². The van der Waals surface area contributed by atoms with Gasteiger partial charge in [-0.3, -0.25) is 0 Å². The van der Waals surface area contributed by atoms with Crippen LogP contribution < -0.4 is 10.5 Å². The van der Waals surface area contributed by atoms with Crippen LogP contribution in [0.1, 0.15) is 16.7 Å². The van der Waals surface area contributed by atoms with Gasteiger partial charge in [-0.2, -0.15) is 0 Å². The first-order valence-electron chi connectivity index (χ1n) is 4.84. The summed E-state index contributed by atoms with van der Waals surface area (Å²) in [6.07, 6.45) is 2.52. The minimum atomic E-state index is 0.576. The van der Waals surface area contributed by atoms with Crippen molar-refractivity contribution in [2.45, 2.75) is 13.3 Å². The highest BCUT2D eigenvalue weighted by Crippen LogP contribution is 2.33. The lowest BCUT2D eigenvalue weighted by Crippen LogP contribution is -2.06. The summed E-state index contributed by atoms with van der Waals surface area (Å²) < 4.78 is 5.37. The number of ether oxygens (including phenoxy) is 1. The molecule has 0 aromatic heterocycles. The number of hydrogen-bond acceptors (Lipinski definition) is 2. The smallest absolute Gasteiger partial charge is 0.129 e. The molecule has 1 aromatic rings. The summed E-state index contributed by atoms with van der Waals surface area (Å²) >= 11 is 6.12. The molecule has 15 heavy (non-hydrogen) atoms. The molecule has 0 aliphatic rings. The van der Waals surface area contributed by atoms with Crippen LogP contribution in [0.25, 0.3) is 6.08 Å². The van der Waals surface area contributed by atoms with Gasteiger partial charge in [-0.05, 0) is 37.1 Å². The van der Waals surface area contributed by atoms with Crippen LogP contribution in [0.15, 0.2) is 12.6 Å². The molecule has 0 saturated heterocycles. The second-order valence-corrected chi connectivity index (χ2v) is 3.74. The van der Waals surface area contributed by atoms with E-state index in [1.165, 1.54) is 0 Å². The Balaban J connectivity index is 3.40. The summed E-state index contributed by atoms with van der Waals surface area (Å²) in [5.41, 5.74) is 8.51. The Morgan fingerprint density at radius 3 is 2.73 bits per heavy atom. The number of nitrogens with two attached hydrogens (primary N) is 1. The van der Waals surface area contributed by atoms with Crippen LogP contribution in [-0.2, 0) is 6.42 Å². The molecule has 0 aliphatic heterocycles. The summed E-state index contributed by atoms with van der Waals surface area (Å²) in [6.45, 7) is 6.30. The molecule has 0 atom stereocenters. The maximum absolute atomic E-state index is 6.12. The number of halogens is 1. The van der Waals surface area contributed by atoms with Crippen LogP contribution >= 0.6 is 11.6 Å². The highest BCUT2D eigenvalue weighted by atomic mass is 35.5. The highest BCUT2D eigenvalue weighted by Gasteiger charge is 2.12. The maximum atomic E-state index is 6.12. The lowest BCUT2D eigenvalue weighted by atomic mass is 10.0. The number of hydrogen-bond donors (Lipinski definition) is 1. The SMILES string of the molecule is C=Cc1c(C)c(Cl)cc(CCN)c1OC. The third kappa shape index (κ3) is 2.33. The number of benzene rings is 1. The predicted molar refractivity (Wildman–Crippen MR) is 65.6 cm³/mol. The first kappa shape index (κ1) is 12.1. The molecule has 3 heteroatoms. The van der Waals surface area contributed by atoms with Crippen LogP contribution in [0.5, 0.6) is 5.75 Å². The fourth-order valence-electron chi connectivity index (χ4n) is 1.63. The molecule has 82 valence electrons.